The fraction of sp³-hybridized carbons (Fsp3) is 0.400. The van der Waals surface area contributed by atoms with Gasteiger partial charge in [0, 0.05) is 11.6 Å². The zero-order valence-corrected chi connectivity index (χ0v) is 6.52. The first kappa shape index (κ1) is 6.81. The molecule has 0 aromatic carbocycles. The van der Waals surface area contributed by atoms with Crippen molar-refractivity contribution in [3.05, 3.63) is 11.6 Å². The smallest absolute Gasteiger partial charge is 0.316 e. The lowest BCUT2D eigenvalue weighted by Gasteiger charge is -2.20. The molecule has 6 heteroatoms. The molecule has 0 radical (unpaired) electrons. The van der Waals surface area contributed by atoms with Gasteiger partial charge in [0.15, 0.2) is 0 Å². The summed E-state index contributed by atoms with van der Waals surface area (Å²) >= 11 is 1.53. The second-order valence-electron chi connectivity index (χ2n) is 2.23. The molecule has 2 rings (SSSR count). The lowest BCUT2D eigenvalue weighted by atomic mass is 10.5. The molecular weight excluding hydrogens is 164 g/mol. The van der Waals surface area contributed by atoms with Gasteiger partial charge in [-0.1, -0.05) is 0 Å². The summed E-state index contributed by atoms with van der Waals surface area (Å²) in [7, 11) is 0. The number of hydrogen-bond donors (Lipinski definition) is 3. The molecular formula is C5H8N4OS. The van der Waals surface area contributed by atoms with E-state index in [1.807, 2.05) is 16.0 Å². The Hall–Kier alpha value is -0.880. The van der Waals surface area contributed by atoms with Gasteiger partial charge in [0.05, 0.1) is 6.54 Å². The van der Waals surface area contributed by atoms with Gasteiger partial charge in [0.2, 0.25) is 0 Å². The molecule has 0 aromatic rings. The Labute approximate surface area is 68.3 Å². The van der Waals surface area contributed by atoms with Gasteiger partial charge in [0.1, 0.15) is 6.17 Å². The van der Waals surface area contributed by atoms with Crippen LogP contribution in [0.1, 0.15) is 0 Å². The lowest BCUT2D eigenvalue weighted by molar-refractivity contribution is 0.241. The maximum atomic E-state index is 10.7. The fourth-order valence-corrected chi connectivity index (χ4v) is 1.63. The van der Waals surface area contributed by atoms with Gasteiger partial charge in [-0.2, -0.15) is 0 Å². The van der Waals surface area contributed by atoms with E-state index in [1.54, 1.807) is 0 Å². The molecule has 2 heterocycles. The van der Waals surface area contributed by atoms with Crippen molar-refractivity contribution in [1.82, 2.24) is 20.5 Å². The fourth-order valence-electron chi connectivity index (χ4n) is 0.978. The minimum atomic E-state index is -0.107. The summed E-state index contributed by atoms with van der Waals surface area (Å²) < 4.78 is 1.87. The van der Waals surface area contributed by atoms with Crippen LogP contribution in [0.3, 0.4) is 0 Å². The van der Waals surface area contributed by atoms with Crippen molar-refractivity contribution in [3.63, 3.8) is 0 Å². The van der Waals surface area contributed by atoms with E-state index in [0.717, 1.165) is 0 Å². The van der Waals surface area contributed by atoms with E-state index >= 15 is 0 Å². The van der Waals surface area contributed by atoms with Crippen molar-refractivity contribution in [2.45, 2.75) is 6.17 Å². The third kappa shape index (κ3) is 1.26. The van der Waals surface area contributed by atoms with Crippen LogP contribution in [0.25, 0.3) is 0 Å². The van der Waals surface area contributed by atoms with Gasteiger partial charge in [0.25, 0.3) is 0 Å². The molecule has 2 amide bonds. The Bertz CT molecular complexity index is 199. The van der Waals surface area contributed by atoms with Crippen LogP contribution in [-0.4, -0.2) is 23.2 Å². The highest BCUT2D eigenvalue weighted by Crippen LogP contribution is 2.16. The first-order chi connectivity index (χ1) is 5.36. The zero-order valence-electron chi connectivity index (χ0n) is 5.70. The first-order valence-electron chi connectivity index (χ1n) is 3.28. The Morgan fingerprint density at radius 1 is 1.73 bits per heavy atom. The largest absolute Gasteiger partial charge is 0.335 e. The van der Waals surface area contributed by atoms with Gasteiger partial charge >= 0.3 is 6.03 Å². The van der Waals surface area contributed by atoms with E-state index < -0.39 is 0 Å². The van der Waals surface area contributed by atoms with Crippen molar-refractivity contribution in [3.8, 4) is 0 Å². The van der Waals surface area contributed by atoms with Crippen molar-refractivity contribution < 1.29 is 4.79 Å². The van der Waals surface area contributed by atoms with E-state index in [2.05, 4.69) is 16.1 Å². The molecule has 0 aromatic heterocycles. The highest BCUT2D eigenvalue weighted by atomic mass is 32.2. The number of hydrogen-bond acceptors (Lipinski definition) is 4. The van der Waals surface area contributed by atoms with Gasteiger partial charge in [-0.3, -0.25) is 0 Å². The molecule has 11 heavy (non-hydrogen) atoms. The maximum absolute atomic E-state index is 10.7. The Morgan fingerprint density at radius 3 is 3.18 bits per heavy atom. The van der Waals surface area contributed by atoms with Crippen molar-refractivity contribution in [2.24, 2.45) is 0 Å². The first-order valence-corrected chi connectivity index (χ1v) is 4.11. The summed E-state index contributed by atoms with van der Waals surface area (Å²) in [5.74, 6) is 0. The van der Waals surface area contributed by atoms with E-state index in [1.165, 1.54) is 11.9 Å². The highest BCUT2D eigenvalue weighted by Gasteiger charge is 2.27. The molecule has 3 N–H and O–H groups in total. The number of hydrazine groups is 1. The van der Waals surface area contributed by atoms with Crippen LogP contribution >= 0.6 is 11.9 Å². The van der Waals surface area contributed by atoms with Gasteiger partial charge in [-0.25, -0.2) is 4.79 Å². The average molecular weight is 172 g/mol. The van der Waals surface area contributed by atoms with Crippen LogP contribution in [0.15, 0.2) is 11.6 Å². The maximum Gasteiger partial charge on any atom is 0.316 e. The number of urea groups is 1. The predicted molar refractivity (Wildman–Crippen MR) is 42.0 cm³/mol. The van der Waals surface area contributed by atoms with Crippen LogP contribution in [0.4, 0.5) is 4.79 Å². The quantitative estimate of drug-likeness (QED) is 0.470. The summed E-state index contributed by atoms with van der Waals surface area (Å²) in [6.45, 7) is 0.639. The topological polar surface area (TPSA) is 56.4 Å². The molecule has 5 nitrogen and oxygen atoms in total. The summed E-state index contributed by atoms with van der Waals surface area (Å²) in [4.78, 5) is 10.7. The molecule has 0 spiro atoms. The summed E-state index contributed by atoms with van der Waals surface area (Å²) in [6, 6.07) is -0.107. The normalized spacial score (nSPS) is 29.8. The Balaban J connectivity index is 1.91. The summed E-state index contributed by atoms with van der Waals surface area (Å²) in [6.07, 6.45) is 1.87. The summed E-state index contributed by atoms with van der Waals surface area (Å²) in [5.41, 5.74) is 2.98. The van der Waals surface area contributed by atoms with Crippen LogP contribution in [0.2, 0.25) is 0 Å². The third-order valence-electron chi connectivity index (χ3n) is 1.48. The molecule has 2 aliphatic heterocycles. The monoisotopic (exact) mass is 172 g/mol. The van der Waals surface area contributed by atoms with E-state index in [0.29, 0.717) is 6.54 Å². The highest BCUT2D eigenvalue weighted by molar-refractivity contribution is 8.00. The van der Waals surface area contributed by atoms with E-state index in [4.69, 9.17) is 0 Å². The predicted octanol–water partition coefficient (Wildman–Crippen LogP) is -0.435. The molecule has 1 saturated heterocycles. The molecule has 1 unspecified atom stereocenters. The van der Waals surface area contributed by atoms with Crippen LogP contribution in [0, 0.1) is 0 Å². The SMILES string of the molecule is O=C1NCC(N2NC=CS2)N1. The molecule has 60 valence electrons. The van der Waals surface area contributed by atoms with Crippen LogP contribution in [0.5, 0.6) is 0 Å². The molecule has 0 bridgehead atoms. The van der Waals surface area contributed by atoms with Gasteiger partial charge < -0.3 is 16.1 Å². The number of nitrogens with zero attached hydrogens (tertiary/aromatic N) is 1. The minimum absolute atomic E-state index is 0.0440. The van der Waals surface area contributed by atoms with Gasteiger partial charge in [-0.05, 0) is 11.9 Å². The number of rotatable bonds is 1. The third-order valence-corrected chi connectivity index (χ3v) is 2.33. The Morgan fingerprint density at radius 2 is 2.64 bits per heavy atom. The molecule has 0 saturated carbocycles. The second kappa shape index (κ2) is 2.63. The standard InChI is InChI=1S/C5H8N4OS/c10-5-6-3-4(8-5)9-7-1-2-11-9/h1-2,4,7H,3H2,(H2,6,8,10). The minimum Gasteiger partial charge on any atom is -0.335 e. The summed E-state index contributed by atoms with van der Waals surface area (Å²) in [5, 5.41) is 7.34. The zero-order chi connectivity index (χ0) is 7.68. The van der Waals surface area contributed by atoms with E-state index in [9.17, 15) is 4.79 Å². The number of nitrogens with one attached hydrogen (secondary N) is 3. The van der Waals surface area contributed by atoms with E-state index in [-0.39, 0.29) is 12.2 Å². The second-order valence-corrected chi connectivity index (χ2v) is 3.11. The average Bonchev–Trinajstić information content (AvgIpc) is 2.55. The molecule has 0 aliphatic carbocycles. The molecule has 1 atom stereocenters. The molecule has 1 fully saturated rings. The van der Waals surface area contributed by atoms with Crippen molar-refractivity contribution >= 4 is 18.0 Å². The number of carbonyl (C=O) groups is 1. The van der Waals surface area contributed by atoms with Crippen molar-refractivity contribution in [1.29, 1.82) is 0 Å². The lowest BCUT2D eigenvalue weighted by Crippen LogP contribution is -2.43. The Kier molecular flexibility index (Phi) is 1.63. The number of amides is 2. The number of carbonyl (C=O) groups excluding carboxylic acids is 1. The van der Waals surface area contributed by atoms with Crippen LogP contribution < -0.4 is 16.1 Å². The van der Waals surface area contributed by atoms with Gasteiger partial charge in [-0.15, -0.1) is 4.41 Å². The van der Waals surface area contributed by atoms with Crippen molar-refractivity contribution in [2.75, 3.05) is 6.54 Å². The van der Waals surface area contributed by atoms with Crippen LogP contribution in [-0.2, 0) is 0 Å². The molecule has 2 aliphatic rings.